The summed E-state index contributed by atoms with van der Waals surface area (Å²) in [7, 11) is 0. The van der Waals surface area contributed by atoms with Gasteiger partial charge in [0.25, 0.3) is 0 Å². The van der Waals surface area contributed by atoms with Crippen LogP contribution in [0.1, 0.15) is 38.4 Å². The molecule has 0 saturated carbocycles. The minimum absolute atomic E-state index is 0.0753. The van der Waals surface area contributed by atoms with Crippen molar-refractivity contribution in [3.63, 3.8) is 0 Å². The number of benzene rings is 1. The third kappa shape index (κ3) is 3.22. The molecule has 100 valence electrons. The number of hydrogen-bond donors (Lipinski definition) is 1. The van der Waals surface area contributed by atoms with Gasteiger partial charge in [0.05, 0.1) is 6.10 Å². The Morgan fingerprint density at radius 2 is 1.89 bits per heavy atom. The summed E-state index contributed by atoms with van der Waals surface area (Å²) < 4.78 is 20.3. The van der Waals surface area contributed by atoms with E-state index in [1.165, 1.54) is 0 Å². The quantitative estimate of drug-likeness (QED) is 0.884. The van der Waals surface area contributed by atoms with Crippen LogP contribution in [-0.4, -0.2) is 19.2 Å². The molecule has 2 nitrogen and oxygen atoms in total. The summed E-state index contributed by atoms with van der Waals surface area (Å²) in [5.74, 6) is 0.807. The lowest BCUT2D eigenvalue weighted by Gasteiger charge is -2.27. The van der Waals surface area contributed by atoms with Gasteiger partial charge in [0.1, 0.15) is 11.9 Å². The summed E-state index contributed by atoms with van der Waals surface area (Å²) in [4.78, 5) is 0. The molecule has 2 rings (SSSR count). The van der Waals surface area contributed by atoms with Gasteiger partial charge in [-0.1, -0.05) is 18.2 Å². The van der Waals surface area contributed by atoms with Crippen molar-refractivity contribution in [3.05, 3.63) is 29.8 Å². The first-order valence-corrected chi connectivity index (χ1v) is 6.79. The van der Waals surface area contributed by atoms with Crippen LogP contribution >= 0.6 is 0 Å². The van der Waals surface area contributed by atoms with Crippen molar-refractivity contribution in [2.45, 2.75) is 39.0 Å². The molecule has 18 heavy (non-hydrogen) atoms. The SMILES string of the molecule is CC(C)Oc1ccccc1C(F)C1CCNCC1. The zero-order valence-corrected chi connectivity index (χ0v) is 11.2. The van der Waals surface area contributed by atoms with Crippen molar-refractivity contribution in [3.8, 4) is 5.75 Å². The topological polar surface area (TPSA) is 21.3 Å². The van der Waals surface area contributed by atoms with Crippen LogP contribution in [0.5, 0.6) is 5.75 Å². The predicted molar refractivity (Wildman–Crippen MR) is 71.6 cm³/mol. The predicted octanol–water partition coefficient (Wildman–Crippen LogP) is 3.48. The average molecular weight is 251 g/mol. The normalized spacial score (nSPS) is 18.9. The second-order valence-corrected chi connectivity index (χ2v) is 5.19. The Labute approximate surface area is 109 Å². The molecule has 1 heterocycles. The zero-order valence-electron chi connectivity index (χ0n) is 11.2. The van der Waals surface area contributed by atoms with Gasteiger partial charge in [-0.25, -0.2) is 4.39 Å². The molecule has 0 aliphatic carbocycles. The van der Waals surface area contributed by atoms with E-state index in [4.69, 9.17) is 4.74 Å². The van der Waals surface area contributed by atoms with Crippen molar-refractivity contribution in [1.82, 2.24) is 5.32 Å². The van der Waals surface area contributed by atoms with Crippen LogP contribution in [0.3, 0.4) is 0 Å². The fourth-order valence-corrected chi connectivity index (χ4v) is 2.46. The molecule has 0 radical (unpaired) electrons. The molecule has 0 spiro atoms. The second kappa shape index (κ2) is 6.19. The lowest BCUT2D eigenvalue weighted by atomic mass is 9.89. The summed E-state index contributed by atoms with van der Waals surface area (Å²) in [6.45, 7) is 5.76. The van der Waals surface area contributed by atoms with E-state index < -0.39 is 6.17 Å². The number of halogens is 1. The van der Waals surface area contributed by atoms with Gasteiger partial charge in [0.2, 0.25) is 0 Å². The molecule has 1 saturated heterocycles. The minimum atomic E-state index is -0.915. The van der Waals surface area contributed by atoms with Crippen LogP contribution in [0.25, 0.3) is 0 Å². The van der Waals surface area contributed by atoms with Crippen molar-refractivity contribution in [1.29, 1.82) is 0 Å². The summed E-state index contributed by atoms with van der Waals surface area (Å²) in [5, 5.41) is 3.27. The van der Waals surface area contributed by atoms with Gasteiger partial charge in [-0.3, -0.25) is 0 Å². The third-order valence-electron chi connectivity index (χ3n) is 3.38. The Morgan fingerprint density at radius 1 is 1.22 bits per heavy atom. The fraction of sp³-hybridized carbons (Fsp3) is 0.600. The maximum atomic E-state index is 14.6. The summed E-state index contributed by atoms with van der Waals surface area (Å²) in [5.41, 5.74) is 0.707. The molecule has 1 atom stereocenters. The van der Waals surface area contributed by atoms with E-state index in [0.717, 1.165) is 25.9 Å². The first-order valence-electron chi connectivity index (χ1n) is 6.79. The van der Waals surface area contributed by atoms with Gasteiger partial charge in [0, 0.05) is 5.56 Å². The van der Waals surface area contributed by atoms with E-state index in [1.807, 2.05) is 38.1 Å². The van der Waals surface area contributed by atoms with Crippen LogP contribution in [0.2, 0.25) is 0 Å². The molecule has 0 aromatic heterocycles. The van der Waals surface area contributed by atoms with Gasteiger partial charge in [-0.15, -0.1) is 0 Å². The number of hydrogen-bond acceptors (Lipinski definition) is 2. The Morgan fingerprint density at radius 3 is 2.56 bits per heavy atom. The first kappa shape index (κ1) is 13.3. The van der Waals surface area contributed by atoms with E-state index in [9.17, 15) is 4.39 Å². The highest BCUT2D eigenvalue weighted by Gasteiger charge is 2.27. The van der Waals surface area contributed by atoms with E-state index in [1.54, 1.807) is 0 Å². The van der Waals surface area contributed by atoms with Gasteiger partial charge >= 0.3 is 0 Å². The highest BCUT2D eigenvalue weighted by molar-refractivity contribution is 5.35. The molecule has 1 aromatic carbocycles. The highest BCUT2D eigenvalue weighted by atomic mass is 19.1. The minimum Gasteiger partial charge on any atom is -0.491 e. The number of ether oxygens (including phenoxy) is 1. The van der Waals surface area contributed by atoms with E-state index in [2.05, 4.69) is 5.32 Å². The molecule has 1 fully saturated rings. The molecular weight excluding hydrogens is 229 g/mol. The Hall–Kier alpha value is -1.09. The van der Waals surface area contributed by atoms with Crippen molar-refractivity contribution < 1.29 is 9.13 Å². The molecular formula is C15H22FNO. The molecule has 0 bridgehead atoms. The molecule has 1 aromatic rings. The summed E-state index contributed by atoms with van der Waals surface area (Å²) >= 11 is 0. The third-order valence-corrected chi connectivity index (χ3v) is 3.38. The van der Waals surface area contributed by atoms with Gasteiger partial charge in [0.15, 0.2) is 0 Å². The fourth-order valence-electron chi connectivity index (χ4n) is 2.46. The number of piperidine rings is 1. The maximum Gasteiger partial charge on any atom is 0.132 e. The largest absolute Gasteiger partial charge is 0.491 e. The second-order valence-electron chi connectivity index (χ2n) is 5.19. The smallest absolute Gasteiger partial charge is 0.132 e. The molecule has 0 amide bonds. The van der Waals surface area contributed by atoms with Crippen LogP contribution in [0, 0.1) is 5.92 Å². The molecule has 3 heteroatoms. The number of para-hydroxylation sites is 1. The van der Waals surface area contributed by atoms with Crippen molar-refractivity contribution in [2.75, 3.05) is 13.1 Å². The monoisotopic (exact) mass is 251 g/mol. The van der Waals surface area contributed by atoms with Crippen LogP contribution in [0.15, 0.2) is 24.3 Å². The molecule has 1 aliphatic rings. The standard InChI is InChI=1S/C15H22FNO/c1-11(2)18-14-6-4-3-5-13(14)15(16)12-7-9-17-10-8-12/h3-6,11-12,15,17H,7-10H2,1-2H3. The molecule has 1 aliphatic heterocycles. The van der Waals surface area contributed by atoms with Crippen LogP contribution in [0.4, 0.5) is 4.39 Å². The van der Waals surface area contributed by atoms with E-state index in [0.29, 0.717) is 11.3 Å². The van der Waals surface area contributed by atoms with Crippen molar-refractivity contribution >= 4 is 0 Å². The Balaban J connectivity index is 2.15. The maximum absolute atomic E-state index is 14.6. The first-order chi connectivity index (χ1) is 8.68. The van der Waals surface area contributed by atoms with Gasteiger partial charge < -0.3 is 10.1 Å². The summed E-state index contributed by atoms with van der Waals surface area (Å²) in [6, 6.07) is 7.50. The number of alkyl halides is 1. The average Bonchev–Trinajstić information content (AvgIpc) is 2.39. The van der Waals surface area contributed by atoms with E-state index >= 15 is 0 Å². The summed E-state index contributed by atoms with van der Waals surface area (Å²) in [6.07, 6.45) is 0.961. The highest BCUT2D eigenvalue weighted by Crippen LogP contribution is 2.37. The number of rotatable bonds is 4. The van der Waals surface area contributed by atoms with Crippen molar-refractivity contribution in [2.24, 2.45) is 5.92 Å². The lowest BCUT2D eigenvalue weighted by molar-refractivity contribution is 0.177. The Bertz CT molecular complexity index is 375. The molecule has 1 unspecified atom stereocenters. The lowest BCUT2D eigenvalue weighted by Crippen LogP contribution is -2.30. The van der Waals surface area contributed by atoms with Gasteiger partial charge in [-0.2, -0.15) is 0 Å². The van der Waals surface area contributed by atoms with Crippen LogP contribution in [-0.2, 0) is 0 Å². The molecule has 1 N–H and O–H groups in total. The Kier molecular flexibility index (Phi) is 4.59. The van der Waals surface area contributed by atoms with Crippen LogP contribution < -0.4 is 10.1 Å². The zero-order chi connectivity index (χ0) is 13.0. The van der Waals surface area contributed by atoms with Gasteiger partial charge in [-0.05, 0) is 51.8 Å². The number of nitrogens with one attached hydrogen (secondary N) is 1. The van der Waals surface area contributed by atoms with E-state index in [-0.39, 0.29) is 12.0 Å².